The van der Waals surface area contributed by atoms with Crippen LogP contribution in [0.3, 0.4) is 0 Å². The molecule has 0 radical (unpaired) electrons. The van der Waals surface area contributed by atoms with E-state index in [1.807, 2.05) is 38.8 Å². The van der Waals surface area contributed by atoms with Crippen molar-refractivity contribution >= 4 is 35.9 Å². The molecule has 0 unspecified atom stereocenters. The number of hydrogen-bond donors (Lipinski definition) is 1. The molecule has 0 saturated carbocycles. The summed E-state index contributed by atoms with van der Waals surface area (Å²) in [6.07, 6.45) is -3.58. The Bertz CT molecular complexity index is 1380. The molecule has 3 rings (SSSR count). The van der Waals surface area contributed by atoms with Crippen LogP contribution in [0.5, 0.6) is 5.75 Å². The fourth-order valence-corrected chi connectivity index (χ4v) is 5.27. The van der Waals surface area contributed by atoms with Crippen LogP contribution < -0.4 is 16.0 Å². The van der Waals surface area contributed by atoms with E-state index in [1.54, 1.807) is 30.3 Å². The summed E-state index contributed by atoms with van der Waals surface area (Å²) in [5.74, 6) is -3.03. The van der Waals surface area contributed by atoms with Crippen LogP contribution >= 0.6 is 12.2 Å². The van der Waals surface area contributed by atoms with Gasteiger partial charge in [-0.3, -0.25) is 14.3 Å². The summed E-state index contributed by atoms with van der Waals surface area (Å²) < 4.78 is 69.9. The number of para-hydroxylation sites is 1. The first-order chi connectivity index (χ1) is 17.4. The molecule has 1 fully saturated rings. The van der Waals surface area contributed by atoms with Gasteiger partial charge >= 0.3 is 16.8 Å². The van der Waals surface area contributed by atoms with E-state index >= 15 is 4.39 Å². The second kappa shape index (κ2) is 11.0. The number of alkyl halides is 1. The highest BCUT2D eigenvalue weighted by atomic mass is 32.2. The first kappa shape index (κ1) is 30.1. The molecule has 1 N–H and O–H groups in total. The average Bonchev–Trinajstić information content (AvgIpc) is 3.02. The van der Waals surface area contributed by atoms with Crippen molar-refractivity contribution < 1.29 is 35.6 Å². The minimum atomic E-state index is -4.48. The average molecular weight is 591 g/mol. The van der Waals surface area contributed by atoms with Crippen molar-refractivity contribution in [1.82, 2.24) is 9.55 Å². The van der Waals surface area contributed by atoms with Gasteiger partial charge in [0.2, 0.25) is 6.23 Å². The van der Waals surface area contributed by atoms with Gasteiger partial charge in [0.25, 0.3) is 15.7 Å². The molecule has 0 amide bonds. The molecule has 2 aromatic rings. The third kappa shape index (κ3) is 6.95. The number of aromatic nitrogens is 2. The molecule has 0 bridgehead atoms. The summed E-state index contributed by atoms with van der Waals surface area (Å²) >= 11 is 5.16. The summed E-state index contributed by atoms with van der Waals surface area (Å²) in [4.78, 5) is 26.1. The van der Waals surface area contributed by atoms with Crippen LogP contribution in [0.2, 0.25) is 18.1 Å². The quantitative estimate of drug-likeness (QED) is 0.278. The van der Waals surface area contributed by atoms with Crippen molar-refractivity contribution in [2.75, 3.05) is 12.9 Å². The van der Waals surface area contributed by atoms with Gasteiger partial charge in [-0.2, -0.15) is 8.42 Å². The maximum absolute atomic E-state index is 16.8. The zero-order valence-electron chi connectivity index (χ0n) is 21.8. The minimum absolute atomic E-state index is 0.223. The van der Waals surface area contributed by atoms with Crippen LogP contribution in [0.1, 0.15) is 27.0 Å². The molecule has 1 aromatic carbocycles. The number of H-pyrrole nitrogens is 1. The number of benzene rings is 1. The van der Waals surface area contributed by atoms with Gasteiger partial charge in [0.1, 0.15) is 11.9 Å². The highest BCUT2D eigenvalue weighted by molar-refractivity contribution is 7.86. The largest absolute Gasteiger partial charge is 0.444 e. The van der Waals surface area contributed by atoms with Crippen molar-refractivity contribution in [3.63, 3.8) is 0 Å². The molecule has 2 heterocycles. The summed E-state index contributed by atoms with van der Waals surface area (Å²) in [6, 6.07) is 9.21. The Hall–Kier alpha value is -2.43. The number of nitrogens with one attached hydrogen (secondary N) is 1. The molecule has 0 aliphatic carbocycles. The molecule has 11 nitrogen and oxygen atoms in total. The predicted molar refractivity (Wildman–Crippen MR) is 143 cm³/mol. The number of nitrogens with zero attached hydrogens (tertiary/aromatic N) is 1. The molecule has 1 aliphatic heterocycles. The topological polar surface area (TPSA) is 135 Å². The van der Waals surface area contributed by atoms with E-state index < -0.39 is 59.2 Å². The van der Waals surface area contributed by atoms with Gasteiger partial charge in [-0.25, -0.2) is 13.4 Å². The van der Waals surface area contributed by atoms with Gasteiger partial charge in [-0.05, 0) is 30.3 Å². The summed E-state index contributed by atoms with van der Waals surface area (Å²) in [7, 11) is -6.90. The summed E-state index contributed by atoms with van der Waals surface area (Å²) in [5, 5.41) is -0.769. The Balaban J connectivity index is 2.05. The standard InChI is InChI=1S/C23H31FN2O9S2Si/c1-22(2,3)38(5,6)31-14-16-18(34-21(36)32-15-10-8-7-9-11-15)23(24,35-37(4,29)30)19(33-16)26-13-12-17(27)25-20(26)28/h7-13,16,18-19H,14H2,1-6H3,(H,25,27,28)/t16-,18-,19-,23+/m1/s1. The third-order valence-corrected chi connectivity index (χ3v) is 11.6. The van der Waals surface area contributed by atoms with E-state index in [0.717, 1.165) is 12.3 Å². The van der Waals surface area contributed by atoms with Crippen molar-refractivity contribution in [2.24, 2.45) is 0 Å². The molecule has 210 valence electrons. The predicted octanol–water partition coefficient (Wildman–Crippen LogP) is 2.85. The SMILES string of the molecule is CC(C)(C)[Si](C)(C)OC[C@H]1O[C@@H](n2ccc(=O)[nH]c2=O)[C@@](F)(OS(C)(=O)=O)[C@@H]1OC(=S)Oc1ccccc1. The van der Waals surface area contributed by atoms with Gasteiger partial charge < -0.3 is 18.6 Å². The molecule has 38 heavy (non-hydrogen) atoms. The summed E-state index contributed by atoms with van der Waals surface area (Å²) in [6.45, 7) is 9.67. The van der Waals surface area contributed by atoms with Crippen LogP contribution in [0.4, 0.5) is 4.39 Å². The highest BCUT2D eigenvalue weighted by Crippen LogP contribution is 2.46. The maximum atomic E-state index is 16.8. The highest BCUT2D eigenvalue weighted by Gasteiger charge is 2.64. The Kier molecular flexibility index (Phi) is 8.70. The first-order valence-electron chi connectivity index (χ1n) is 11.6. The number of hydrogen-bond acceptors (Lipinski definition) is 10. The van der Waals surface area contributed by atoms with E-state index in [9.17, 15) is 18.0 Å². The fourth-order valence-electron chi connectivity index (χ4n) is 3.41. The molecule has 15 heteroatoms. The molecule has 0 spiro atoms. The lowest BCUT2D eigenvalue weighted by atomic mass is 10.1. The van der Waals surface area contributed by atoms with E-state index in [2.05, 4.69) is 0 Å². The van der Waals surface area contributed by atoms with Gasteiger partial charge in [-0.15, -0.1) is 0 Å². The molecular formula is C23H31FN2O9S2Si. The van der Waals surface area contributed by atoms with Crippen LogP contribution in [0.25, 0.3) is 0 Å². The zero-order chi connectivity index (χ0) is 28.5. The lowest BCUT2D eigenvalue weighted by Crippen LogP contribution is -2.51. The van der Waals surface area contributed by atoms with E-state index in [-0.39, 0.29) is 17.4 Å². The third-order valence-electron chi connectivity index (χ3n) is 6.33. The smallest absolute Gasteiger partial charge is 0.358 e. The molecule has 1 aliphatic rings. The zero-order valence-corrected chi connectivity index (χ0v) is 24.4. The van der Waals surface area contributed by atoms with E-state index in [4.69, 9.17) is 35.0 Å². The van der Waals surface area contributed by atoms with Crippen LogP contribution in [0, 0.1) is 0 Å². The van der Waals surface area contributed by atoms with Crippen molar-refractivity contribution in [1.29, 1.82) is 0 Å². The van der Waals surface area contributed by atoms with Gasteiger partial charge in [0, 0.05) is 24.5 Å². The molecule has 4 atom stereocenters. The van der Waals surface area contributed by atoms with Crippen LogP contribution in [-0.4, -0.2) is 62.4 Å². The van der Waals surface area contributed by atoms with E-state index in [0.29, 0.717) is 10.8 Å². The van der Waals surface area contributed by atoms with Gasteiger partial charge in [0.05, 0.1) is 12.9 Å². The van der Waals surface area contributed by atoms with Crippen LogP contribution in [0.15, 0.2) is 52.2 Å². The van der Waals surface area contributed by atoms with Gasteiger partial charge in [-0.1, -0.05) is 39.0 Å². The Morgan fingerprint density at radius 3 is 2.39 bits per heavy atom. The van der Waals surface area contributed by atoms with Crippen molar-refractivity contribution in [3.05, 3.63) is 63.4 Å². The Labute approximate surface area is 226 Å². The lowest BCUT2D eigenvalue weighted by Gasteiger charge is -2.37. The van der Waals surface area contributed by atoms with Gasteiger partial charge in [0.15, 0.2) is 14.4 Å². The number of ether oxygens (including phenoxy) is 3. The molecule has 1 aromatic heterocycles. The summed E-state index contributed by atoms with van der Waals surface area (Å²) in [5.41, 5.74) is -1.81. The molecular weight excluding hydrogens is 559 g/mol. The van der Waals surface area contributed by atoms with E-state index in [1.165, 1.54) is 0 Å². The van der Waals surface area contributed by atoms with Crippen molar-refractivity contribution in [3.8, 4) is 5.75 Å². The second-order valence-corrected chi connectivity index (χ2v) is 17.0. The lowest BCUT2D eigenvalue weighted by molar-refractivity contribution is -0.173. The normalized spacial score (nSPS) is 24.2. The van der Waals surface area contributed by atoms with Crippen molar-refractivity contribution in [2.45, 2.75) is 63.2 Å². The second-order valence-electron chi connectivity index (χ2n) is 10.3. The fraction of sp³-hybridized carbons (Fsp3) is 0.522. The minimum Gasteiger partial charge on any atom is -0.444 e. The van der Waals surface area contributed by atoms with Crippen LogP contribution in [-0.2, 0) is 28.2 Å². The number of thiocarbonyl (C=S) groups is 1. The molecule has 1 saturated heterocycles. The maximum Gasteiger partial charge on any atom is 0.358 e. The number of aromatic amines is 1. The Morgan fingerprint density at radius 1 is 1.21 bits per heavy atom. The monoisotopic (exact) mass is 590 g/mol. The first-order valence-corrected chi connectivity index (χ1v) is 16.7. The number of rotatable bonds is 8. The Morgan fingerprint density at radius 2 is 1.84 bits per heavy atom. The number of halogens is 1.